The summed E-state index contributed by atoms with van der Waals surface area (Å²) in [5, 5.41) is 8.83. The van der Waals surface area contributed by atoms with Crippen LogP contribution in [0.25, 0.3) is 0 Å². The van der Waals surface area contributed by atoms with Gasteiger partial charge in [-0.05, 0) is 30.9 Å². The summed E-state index contributed by atoms with van der Waals surface area (Å²) in [5.74, 6) is -4.82. The first kappa shape index (κ1) is 15.9. The van der Waals surface area contributed by atoms with Gasteiger partial charge in [0.15, 0.2) is 21.5 Å². The molecule has 0 saturated heterocycles. The second-order valence-corrected chi connectivity index (χ2v) is 7.36. The number of benzene rings is 1. The van der Waals surface area contributed by atoms with E-state index in [1.54, 1.807) is 0 Å². The van der Waals surface area contributed by atoms with Crippen molar-refractivity contribution >= 4 is 15.8 Å². The van der Waals surface area contributed by atoms with Crippen molar-refractivity contribution in [1.82, 2.24) is 0 Å². The molecule has 1 fully saturated rings. The molecule has 1 aliphatic carbocycles. The van der Waals surface area contributed by atoms with Crippen LogP contribution in [0.5, 0.6) is 0 Å². The van der Waals surface area contributed by atoms with Gasteiger partial charge in [-0.1, -0.05) is 19.3 Å². The molecule has 1 aromatic rings. The van der Waals surface area contributed by atoms with Gasteiger partial charge in [0, 0.05) is 0 Å². The van der Waals surface area contributed by atoms with Gasteiger partial charge in [-0.2, -0.15) is 0 Å². The molecule has 0 atom stereocenters. The molecular weight excluding hydrogens is 302 g/mol. The molecule has 0 amide bonds. The van der Waals surface area contributed by atoms with Gasteiger partial charge in [-0.25, -0.2) is 22.0 Å². The molecule has 4 nitrogen and oxygen atoms in total. The van der Waals surface area contributed by atoms with Crippen LogP contribution in [0.2, 0.25) is 0 Å². The lowest BCUT2D eigenvalue weighted by Gasteiger charge is -2.21. The number of hydrogen-bond acceptors (Lipinski definition) is 3. The monoisotopic (exact) mass is 318 g/mol. The molecule has 0 unspecified atom stereocenters. The normalized spacial score (nSPS) is 16.9. The largest absolute Gasteiger partial charge is 0.478 e. The SMILES string of the molecule is O=C(O)c1cc(F)c(F)c(S(=O)(=O)CC2CCCCC2)c1. The predicted octanol–water partition coefficient (Wildman–Crippen LogP) is 3.02. The maximum atomic E-state index is 13.7. The van der Waals surface area contributed by atoms with Gasteiger partial charge in [0.05, 0.1) is 11.3 Å². The molecule has 7 heteroatoms. The summed E-state index contributed by atoms with van der Waals surface area (Å²) in [6, 6.07) is 1.18. The van der Waals surface area contributed by atoms with Crippen LogP contribution in [0.1, 0.15) is 42.5 Å². The molecule has 0 bridgehead atoms. The van der Waals surface area contributed by atoms with Gasteiger partial charge in [0.2, 0.25) is 0 Å². The fraction of sp³-hybridized carbons (Fsp3) is 0.500. The number of hydrogen-bond donors (Lipinski definition) is 1. The first-order chi connectivity index (χ1) is 9.81. The minimum atomic E-state index is -4.05. The highest BCUT2D eigenvalue weighted by Gasteiger charge is 2.28. The van der Waals surface area contributed by atoms with Crippen LogP contribution < -0.4 is 0 Å². The second kappa shape index (κ2) is 6.09. The van der Waals surface area contributed by atoms with Gasteiger partial charge in [-0.15, -0.1) is 0 Å². The number of halogens is 2. The van der Waals surface area contributed by atoms with E-state index >= 15 is 0 Å². The average molecular weight is 318 g/mol. The van der Waals surface area contributed by atoms with Crippen LogP contribution in [0.3, 0.4) is 0 Å². The average Bonchev–Trinajstić information content (AvgIpc) is 2.41. The van der Waals surface area contributed by atoms with Gasteiger partial charge in [0.25, 0.3) is 0 Å². The molecule has 1 aromatic carbocycles. The van der Waals surface area contributed by atoms with E-state index in [4.69, 9.17) is 5.11 Å². The molecule has 1 saturated carbocycles. The Balaban J connectivity index is 2.36. The lowest BCUT2D eigenvalue weighted by atomic mass is 9.91. The summed E-state index contributed by atoms with van der Waals surface area (Å²) in [6.45, 7) is 0. The van der Waals surface area contributed by atoms with Crippen molar-refractivity contribution in [2.75, 3.05) is 5.75 Å². The van der Waals surface area contributed by atoms with E-state index < -0.39 is 37.9 Å². The standard InChI is InChI=1S/C14H16F2O4S/c15-11-6-10(14(17)18)7-12(13(11)16)21(19,20)8-9-4-2-1-3-5-9/h6-7,9H,1-5,8H2,(H,17,18). The molecule has 0 spiro atoms. The third-order valence-corrected chi connectivity index (χ3v) is 5.63. The first-order valence-electron chi connectivity index (χ1n) is 6.76. The zero-order valence-electron chi connectivity index (χ0n) is 11.3. The number of aromatic carboxylic acids is 1. The molecule has 0 radical (unpaired) electrons. The van der Waals surface area contributed by atoms with Crippen molar-refractivity contribution < 1.29 is 27.1 Å². The van der Waals surface area contributed by atoms with Gasteiger partial charge < -0.3 is 5.11 Å². The summed E-state index contributed by atoms with van der Waals surface area (Å²) >= 11 is 0. The van der Waals surface area contributed by atoms with Crippen LogP contribution in [0.4, 0.5) is 8.78 Å². The van der Waals surface area contributed by atoms with E-state index in [9.17, 15) is 22.0 Å². The Bertz CT molecular complexity index is 649. The molecular formula is C14H16F2O4S. The Morgan fingerprint density at radius 2 is 1.81 bits per heavy atom. The van der Waals surface area contributed by atoms with E-state index in [2.05, 4.69) is 0 Å². The van der Waals surface area contributed by atoms with E-state index in [0.717, 1.165) is 32.1 Å². The van der Waals surface area contributed by atoms with Crippen molar-refractivity contribution in [3.8, 4) is 0 Å². The van der Waals surface area contributed by atoms with Crippen LogP contribution in [-0.4, -0.2) is 25.2 Å². The number of carboxylic acid groups (broad SMARTS) is 1. The van der Waals surface area contributed by atoms with E-state index in [-0.39, 0.29) is 11.7 Å². The minimum Gasteiger partial charge on any atom is -0.478 e. The fourth-order valence-electron chi connectivity index (χ4n) is 2.67. The number of carbonyl (C=O) groups is 1. The van der Waals surface area contributed by atoms with E-state index in [0.29, 0.717) is 12.1 Å². The molecule has 1 aliphatic rings. The van der Waals surface area contributed by atoms with Crippen molar-refractivity contribution in [1.29, 1.82) is 0 Å². The minimum absolute atomic E-state index is 0.0836. The van der Waals surface area contributed by atoms with Crippen molar-refractivity contribution in [2.45, 2.75) is 37.0 Å². The second-order valence-electron chi connectivity index (χ2n) is 5.36. The van der Waals surface area contributed by atoms with Crippen LogP contribution in [-0.2, 0) is 9.84 Å². The zero-order chi connectivity index (χ0) is 15.6. The molecule has 21 heavy (non-hydrogen) atoms. The van der Waals surface area contributed by atoms with Crippen LogP contribution in [0, 0.1) is 17.6 Å². The fourth-order valence-corrected chi connectivity index (χ4v) is 4.48. The third kappa shape index (κ3) is 3.58. The summed E-state index contributed by atoms with van der Waals surface area (Å²) in [5.41, 5.74) is -0.573. The predicted molar refractivity (Wildman–Crippen MR) is 71.9 cm³/mol. The Kier molecular flexibility index (Phi) is 4.61. The summed E-state index contributed by atoms with van der Waals surface area (Å²) in [4.78, 5) is 9.99. The van der Waals surface area contributed by atoms with E-state index in [1.165, 1.54) is 0 Å². The summed E-state index contributed by atoms with van der Waals surface area (Å²) < 4.78 is 51.7. The van der Waals surface area contributed by atoms with E-state index in [1.807, 2.05) is 0 Å². The summed E-state index contributed by atoms with van der Waals surface area (Å²) in [7, 11) is -4.05. The number of carboxylic acids is 1. The van der Waals surface area contributed by atoms with Crippen molar-refractivity contribution in [2.24, 2.45) is 5.92 Å². The van der Waals surface area contributed by atoms with Crippen LogP contribution in [0.15, 0.2) is 17.0 Å². The van der Waals surface area contributed by atoms with Crippen molar-refractivity contribution in [3.05, 3.63) is 29.3 Å². The highest BCUT2D eigenvalue weighted by molar-refractivity contribution is 7.91. The van der Waals surface area contributed by atoms with Gasteiger partial charge >= 0.3 is 5.97 Å². The lowest BCUT2D eigenvalue weighted by Crippen LogP contribution is -2.20. The lowest BCUT2D eigenvalue weighted by molar-refractivity contribution is 0.0696. The van der Waals surface area contributed by atoms with Gasteiger partial charge in [-0.3, -0.25) is 0 Å². The Morgan fingerprint density at radius 3 is 2.38 bits per heavy atom. The Hall–Kier alpha value is -1.50. The van der Waals surface area contributed by atoms with Crippen molar-refractivity contribution in [3.63, 3.8) is 0 Å². The highest BCUT2D eigenvalue weighted by Crippen LogP contribution is 2.29. The highest BCUT2D eigenvalue weighted by atomic mass is 32.2. The molecule has 0 aliphatic heterocycles. The molecule has 116 valence electrons. The first-order valence-corrected chi connectivity index (χ1v) is 8.41. The smallest absolute Gasteiger partial charge is 0.335 e. The number of sulfone groups is 1. The maximum absolute atomic E-state index is 13.7. The number of rotatable bonds is 4. The zero-order valence-corrected chi connectivity index (χ0v) is 12.1. The van der Waals surface area contributed by atoms with Crippen LogP contribution >= 0.6 is 0 Å². The quantitative estimate of drug-likeness (QED) is 0.926. The summed E-state index contributed by atoms with van der Waals surface area (Å²) in [6.07, 6.45) is 4.37. The third-order valence-electron chi connectivity index (χ3n) is 3.76. The Labute approximate surface area is 121 Å². The molecule has 1 N–H and O–H groups in total. The molecule has 0 heterocycles. The topological polar surface area (TPSA) is 71.4 Å². The van der Waals surface area contributed by atoms with Gasteiger partial charge in [0.1, 0.15) is 4.90 Å². The molecule has 0 aromatic heterocycles. The maximum Gasteiger partial charge on any atom is 0.335 e. The Morgan fingerprint density at radius 1 is 1.19 bits per heavy atom. The molecule has 2 rings (SSSR count).